The Bertz CT molecular complexity index is 866. The molecule has 1 aromatic carbocycles. The molecule has 134 valence electrons. The third kappa shape index (κ3) is 3.64. The van der Waals surface area contributed by atoms with Crippen LogP contribution in [0.1, 0.15) is 24.2 Å². The number of carbonyl (C=O) groups is 2. The highest BCUT2D eigenvalue weighted by Gasteiger charge is 2.33. The molecular weight excluding hydrogens is 366 g/mol. The monoisotopic (exact) mass is 383 g/mol. The summed E-state index contributed by atoms with van der Waals surface area (Å²) in [5.41, 5.74) is 1.11. The van der Waals surface area contributed by atoms with Gasteiger partial charge in [0, 0.05) is 18.0 Å². The summed E-state index contributed by atoms with van der Waals surface area (Å²) < 4.78 is 32.2. The molecule has 1 atom stereocenters. The number of esters is 1. The molecule has 2 aliphatic rings. The molecule has 0 saturated carbocycles. The van der Waals surface area contributed by atoms with Crippen LogP contribution in [0.25, 0.3) is 0 Å². The van der Waals surface area contributed by atoms with Gasteiger partial charge in [-0.1, -0.05) is 0 Å². The largest absolute Gasteiger partial charge is 0.449 e. The first-order chi connectivity index (χ1) is 11.8. The standard InChI is InChI=1S/C15H17N3O5S2/c1-3-16-13(19)9(2)23-14(20)10-4-5-11-12(8-10)24-15-17-25(21,22)7-6-18(11)15/h4-5,8-9H,3,6-7H2,1-2H3,(H,16,19)/t9-/m1/s1. The van der Waals surface area contributed by atoms with Gasteiger partial charge in [0.2, 0.25) is 0 Å². The molecule has 0 spiro atoms. The summed E-state index contributed by atoms with van der Waals surface area (Å²) in [6, 6.07) is 4.95. The highest BCUT2D eigenvalue weighted by Crippen LogP contribution is 2.42. The van der Waals surface area contributed by atoms with Gasteiger partial charge in [0.05, 0.1) is 17.0 Å². The Morgan fingerprint density at radius 2 is 2.20 bits per heavy atom. The fraction of sp³-hybridized carbons (Fsp3) is 0.400. The highest BCUT2D eigenvalue weighted by molar-refractivity contribution is 8.15. The second-order valence-electron chi connectivity index (χ2n) is 5.54. The van der Waals surface area contributed by atoms with Gasteiger partial charge < -0.3 is 15.0 Å². The minimum absolute atomic E-state index is 0.0374. The number of nitrogens with one attached hydrogen (secondary N) is 1. The van der Waals surface area contributed by atoms with E-state index < -0.39 is 22.1 Å². The highest BCUT2D eigenvalue weighted by atomic mass is 32.2. The molecule has 8 nitrogen and oxygen atoms in total. The Hall–Kier alpha value is -2.07. The van der Waals surface area contributed by atoms with Gasteiger partial charge in [0.15, 0.2) is 11.3 Å². The number of hydrogen-bond acceptors (Lipinski definition) is 7. The van der Waals surface area contributed by atoms with E-state index in [0.29, 0.717) is 23.8 Å². The summed E-state index contributed by atoms with van der Waals surface area (Å²) in [7, 11) is -3.42. The van der Waals surface area contributed by atoms with Crippen molar-refractivity contribution in [1.82, 2.24) is 5.32 Å². The van der Waals surface area contributed by atoms with E-state index in [4.69, 9.17) is 4.74 Å². The van der Waals surface area contributed by atoms with Crippen molar-refractivity contribution < 1.29 is 22.7 Å². The van der Waals surface area contributed by atoms with Crippen molar-refractivity contribution in [2.24, 2.45) is 4.40 Å². The minimum atomic E-state index is -3.42. The quantitative estimate of drug-likeness (QED) is 0.773. The van der Waals surface area contributed by atoms with Crippen molar-refractivity contribution in [3.8, 4) is 0 Å². The van der Waals surface area contributed by atoms with Crippen LogP contribution in [0.3, 0.4) is 0 Å². The van der Waals surface area contributed by atoms with E-state index in [-0.39, 0.29) is 11.7 Å². The smallest absolute Gasteiger partial charge is 0.338 e. The van der Waals surface area contributed by atoms with Crippen molar-refractivity contribution in [2.75, 3.05) is 23.7 Å². The minimum Gasteiger partial charge on any atom is -0.449 e. The van der Waals surface area contributed by atoms with E-state index in [0.717, 1.165) is 10.6 Å². The predicted octanol–water partition coefficient (Wildman–Crippen LogP) is 0.980. The van der Waals surface area contributed by atoms with Crippen LogP contribution in [0, 0.1) is 0 Å². The average molecular weight is 383 g/mol. The molecule has 3 rings (SSSR count). The zero-order valence-electron chi connectivity index (χ0n) is 13.7. The van der Waals surface area contributed by atoms with Gasteiger partial charge in [0.25, 0.3) is 15.9 Å². The topological polar surface area (TPSA) is 105 Å². The molecule has 2 heterocycles. The maximum Gasteiger partial charge on any atom is 0.338 e. The summed E-state index contributed by atoms with van der Waals surface area (Å²) in [4.78, 5) is 26.4. The number of amides is 1. The lowest BCUT2D eigenvalue weighted by Gasteiger charge is -2.22. The summed E-state index contributed by atoms with van der Waals surface area (Å²) in [6.07, 6.45) is -0.894. The first-order valence-corrected chi connectivity index (χ1v) is 10.1. The number of fused-ring (bicyclic) bond motifs is 3. The lowest BCUT2D eigenvalue weighted by Crippen LogP contribution is -2.35. The van der Waals surface area contributed by atoms with Crippen LogP contribution in [0.2, 0.25) is 0 Å². The molecule has 0 aliphatic carbocycles. The molecule has 25 heavy (non-hydrogen) atoms. The Balaban J connectivity index is 1.78. The molecule has 0 unspecified atom stereocenters. The molecule has 1 N–H and O–H groups in total. The molecule has 1 aromatic rings. The molecule has 10 heteroatoms. The maximum absolute atomic E-state index is 12.2. The zero-order valence-corrected chi connectivity index (χ0v) is 15.3. The van der Waals surface area contributed by atoms with E-state index in [2.05, 4.69) is 9.71 Å². The summed E-state index contributed by atoms with van der Waals surface area (Å²) in [6.45, 7) is 4.07. The number of benzene rings is 1. The van der Waals surface area contributed by atoms with Gasteiger partial charge in [0.1, 0.15) is 0 Å². The number of hydrogen-bond donors (Lipinski definition) is 1. The second-order valence-corrected chi connectivity index (χ2v) is 8.30. The van der Waals surface area contributed by atoms with Crippen LogP contribution < -0.4 is 10.2 Å². The zero-order chi connectivity index (χ0) is 18.2. The van der Waals surface area contributed by atoms with Gasteiger partial charge in [-0.25, -0.2) is 13.2 Å². The maximum atomic E-state index is 12.2. The first-order valence-electron chi connectivity index (χ1n) is 7.71. The molecule has 2 aliphatic heterocycles. The van der Waals surface area contributed by atoms with Crippen molar-refractivity contribution in [2.45, 2.75) is 24.8 Å². The van der Waals surface area contributed by atoms with Crippen LogP contribution in [-0.2, 0) is 19.6 Å². The number of carbonyl (C=O) groups excluding carboxylic acids is 2. The molecule has 0 fully saturated rings. The summed E-state index contributed by atoms with van der Waals surface area (Å²) in [5, 5.41) is 2.98. The SMILES string of the molecule is CCNC(=O)[C@@H](C)OC(=O)c1ccc2c(c1)SC1=NS(=O)(=O)CCN12. The number of rotatable bonds is 4. The van der Waals surface area contributed by atoms with Crippen molar-refractivity contribution in [3.05, 3.63) is 23.8 Å². The van der Waals surface area contributed by atoms with Gasteiger partial charge in [-0.05, 0) is 43.8 Å². The van der Waals surface area contributed by atoms with E-state index in [1.54, 1.807) is 25.1 Å². The number of amidine groups is 1. The van der Waals surface area contributed by atoms with Gasteiger partial charge in [-0.15, -0.1) is 4.40 Å². The number of likely N-dealkylation sites (N-methyl/N-ethyl adjacent to an activating group) is 1. The number of ether oxygens (including phenoxy) is 1. The number of nitrogens with zero attached hydrogens (tertiary/aromatic N) is 2. The molecule has 1 amide bonds. The predicted molar refractivity (Wildman–Crippen MR) is 94.4 cm³/mol. The van der Waals surface area contributed by atoms with Gasteiger partial charge in [-0.3, -0.25) is 4.79 Å². The van der Waals surface area contributed by atoms with Crippen molar-refractivity contribution in [3.63, 3.8) is 0 Å². The molecule has 0 bridgehead atoms. The van der Waals surface area contributed by atoms with Crippen LogP contribution in [0.5, 0.6) is 0 Å². The fourth-order valence-corrected chi connectivity index (χ4v) is 4.75. The summed E-state index contributed by atoms with van der Waals surface area (Å²) in [5.74, 6) is -1.01. The van der Waals surface area contributed by atoms with E-state index in [1.807, 2.05) is 4.90 Å². The normalized spacial score (nSPS) is 18.6. The third-order valence-corrected chi connectivity index (χ3v) is 6.02. The Morgan fingerprint density at radius 1 is 1.44 bits per heavy atom. The van der Waals surface area contributed by atoms with E-state index in [1.165, 1.54) is 18.7 Å². The first kappa shape index (κ1) is 17.7. The van der Waals surface area contributed by atoms with Gasteiger partial charge >= 0.3 is 5.97 Å². The van der Waals surface area contributed by atoms with Crippen LogP contribution in [0.4, 0.5) is 5.69 Å². The Labute approximate surface area is 149 Å². The van der Waals surface area contributed by atoms with E-state index >= 15 is 0 Å². The number of anilines is 1. The summed E-state index contributed by atoms with van der Waals surface area (Å²) >= 11 is 1.20. The molecule has 0 aromatic heterocycles. The number of sulfonamides is 1. The van der Waals surface area contributed by atoms with Crippen molar-refractivity contribution in [1.29, 1.82) is 0 Å². The molecule has 0 saturated heterocycles. The number of thioether (sulfide) groups is 1. The molecule has 0 radical (unpaired) electrons. The lowest BCUT2D eigenvalue weighted by atomic mass is 10.2. The van der Waals surface area contributed by atoms with Gasteiger partial charge in [-0.2, -0.15) is 0 Å². The van der Waals surface area contributed by atoms with Crippen LogP contribution >= 0.6 is 11.8 Å². The lowest BCUT2D eigenvalue weighted by molar-refractivity contribution is -0.128. The van der Waals surface area contributed by atoms with E-state index in [9.17, 15) is 18.0 Å². The third-order valence-electron chi connectivity index (χ3n) is 3.71. The average Bonchev–Trinajstić information content (AvgIpc) is 2.89. The van der Waals surface area contributed by atoms with Crippen LogP contribution in [0.15, 0.2) is 27.5 Å². The fourth-order valence-electron chi connectivity index (χ4n) is 2.46. The Morgan fingerprint density at radius 3 is 2.92 bits per heavy atom. The Kier molecular flexibility index (Phi) is 4.74. The van der Waals surface area contributed by atoms with Crippen LogP contribution in [-0.4, -0.2) is 50.4 Å². The molecular formula is C15H17N3O5S2. The van der Waals surface area contributed by atoms with Crippen molar-refractivity contribution >= 4 is 44.5 Å². The second kappa shape index (κ2) is 6.68.